The van der Waals surface area contributed by atoms with E-state index in [1.165, 1.54) is 6.92 Å². The van der Waals surface area contributed by atoms with Crippen LogP contribution in [-0.4, -0.2) is 30.5 Å². The molecule has 0 heterocycles. The first-order chi connectivity index (χ1) is 8.23. The molecule has 0 bridgehead atoms. The van der Waals surface area contributed by atoms with Crippen LogP contribution in [-0.2, 0) is 21.1 Å². The molecule has 1 aromatic rings. The summed E-state index contributed by atoms with van der Waals surface area (Å²) >= 11 is 0. The zero-order valence-corrected chi connectivity index (χ0v) is 11.4. The third-order valence-corrected chi connectivity index (χ3v) is 3.86. The fourth-order valence-electron chi connectivity index (χ4n) is 1.78. The van der Waals surface area contributed by atoms with Gasteiger partial charge in [-0.1, -0.05) is 30.3 Å². The Hall–Kier alpha value is -1.20. The standard InChI is InChI=1S/C13H18O4S/c1-13(15,12(14)18(2,16)17)10-6-9-11-7-4-3-5-8-11/h3-5,7-8,15H,6,9-10H2,1-2H3. The average molecular weight is 270 g/mol. The fraction of sp³-hybridized carbons (Fsp3) is 0.462. The van der Waals surface area contributed by atoms with E-state index < -0.39 is 20.6 Å². The van der Waals surface area contributed by atoms with Gasteiger partial charge in [0.05, 0.1) is 0 Å². The third-order valence-electron chi connectivity index (χ3n) is 2.75. The van der Waals surface area contributed by atoms with Gasteiger partial charge in [-0.2, -0.15) is 0 Å². The van der Waals surface area contributed by atoms with Crippen molar-refractivity contribution >= 4 is 15.0 Å². The Morgan fingerprint density at radius 3 is 2.33 bits per heavy atom. The first kappa shape index (κ1) is 14.9. The number of aryl methyl sites for hydroxylation is 1. The van der Waals surface area contributed by atoms with Crippen molar-refractivity contribution in [2.24, 2.45) is 0 Å². The van der Waals surface area contributed by atoms with Crippen LogP contribution in [0.15, 0.2) is 30.3 Å². The Kier molecular flexibility index (Phi) is 4.65. The Bertz CT molecular complexity index is 503. The fourth-order valence-corrected chi connectivity index (χ4v) is 2.68. The van der Waals surface area contributed by atoms with Crippen molar-refractivity contribution in [1.29, 1.82) is 0 Å². The second-order valence-corrected chi connectivity index (χ2v) is 6.59. The van der Waals surface area contributed by atoms with Crippen molar-refractivity contribution in [2.75, 3.05) is 6.26 Å². The molecule has 1 aromatic carbocycles. The van der Waals surface area contributed by atoms with Gasteiger partial charge < -0.3 is 5.11 Å². The highest BCUT2D eigenvalue weighted by molar-refractivity contribution is 8.05. The average Bonchev–Trinajstić information content (AvgIpc) is 2.28. The number of hydrogen-bond acceptors (Lipinski definition) is 4. The summed E-state index contributed by atoms with van der Waals surface area (Å²) in [6.45, 7) is 1.25. The molecule has 1 rings (SSSR count). The van der Waals surface area contributed by atoms with Crippen LogP contribution in [0.5, 0.6) is 0 Å². The molecule has 0 radical (unpaired) electrons. The topological polar surface area (TPSA) is 71.4 Å². The zero-order valence-electron chi connectivity index (χ0n) is 10.6. The molecule has 0 aliphatic carbocycles. The van der Waals surface area contributed by atoms with Gasteiger partial charge in [-0.15, -0.1) is 0 Å². The van der Waals surface area contributed by atoms with Crippen LogP contribution in [0, 0.1) is 0 Å². The summed E-state index contributed by atoms with van der Waals surface area (Å²) in [4.78, 5) is 11.5. The lowest BCUT2D eigenvalue weighted by atomic mass is 9.98. The van der Waals surface area contributed by atoms with Gasteiger partial charge in [0.15, 0.2) is 0 Å². The highest BCUT2D eigenvalue weighted by Crippen LogP contribution is 2.18. The SMILES string of the molecule is CC(O)(CCCc1ccccc1)C(=O)S(C)(=O)=O. The number of carbonyl (C=O) groups is 1. The minimum atomic E-state index is -3.84. The first-order valence-electron chi connectivity index (χ1n) is 5.74. The van der Waals surface area contributed by atoms with E-state index in [1.807, 2.05) is 30.3 Å². The molecule has 0 saturated heterocycles. The van der Waals surface area contributed by atoms with Crippen LogP contribution in [0.3, 0.4) is 0 Å². The predicted molar refractivity (Wildman–Crippen MR) is 69.9 cm³/mol. The maximum Gasteiger partial charge on any atom is 0.277 e. The van der Waals surface area contributed by atoms with Gasteiger partial charge in [-0.3, -0.25) is 4.79 Å². The van der Waals surface area contributed by atoms with Gasteiger partial charge in [-0.05, 0) is 31.7 Å². The first-order valence-corrected chi connectivity index (χ1v) is 7.63. The van der Waals surface area contributed by atoms with E-state index in [4.69, 9.17) is 0 Å². The van der Waals surface area contributed by atoms with E-state index in [9.17, 15) is 18.3 Å². The number of aliphatic hydroxyl groups is 1. The molecule has 0 amide bonds. The maximum atomic E-state index is 11.5. The third kappa shape index (κ3) is 4.23. The van der Waals surface area contributed by atoms with E-state index in [2.05, 4.69) is 0 Å². The number of hydrogen-bond donors (Lipinski definition) is 1. The molecular formula is C13H18O4S. The summed E-state index contributed by atoms with van der Waals surface area (Å²) in [6, 6.07) is 9.64. The van der Waals surface area contributed by atoms with Crippen LogP contribution >= 0.6 is 0 Å². The van der Waals surface area contributed by atoms with Crippen LogP contribution in [0.4, 0.5) is 0 Å². The number of carbonyl (C=O) groups excluding carboxylic acids is 1. The molecule has 0 aliphatic heterocycles. The number of rotatable bonds is 5. The number of benzene rings is 1. The summed E-state index contributed by atoms with van der Waals surface area (Å²) in [5.41, 5.74) is -0.706. The quantitative estimate of drug-likeness (QED) is 0.876. The Labute approximate surface area is 108 Å². The van der Waals surface area contributed by atoms with Crippen molar-refractivity contribution in [3.8, 4) is 0 Å². The van der Waals surface area contributed by atoms with Crippen molar-refractivity contribution in [2.45, 2.75) is 31.8 Å². The summed E-state index contributed by atoms with van der Waals surface area (Å²) in [7, 11) is -3.84. The van der Waals surface area contributed by atoms with Gasteiger partial charge in [0.2, 0.25) is 9.84 Å². The van der Waals surface area contributed by atoms with Crippen LogP contribution in [0.1, 0.15) is 25.3 Å². The highest BCUT2D eigenvalue weighted by Gasteiger charge is 2.36. The van der Waals surface area contributed by atoms with E-state index in [0.717, 1.165) is 11.8 Å². The smallest absolute Gasteiger partial charge is 0.277 e. The monoisotopic (exact) mass is 270 g/mol. The largest absolute Gasteiger partial charge is 0.381 e. The van der Waals surface area contributed by atoms with E-state index in [0.29, 0.717) is 12.8 Å². The normalized spacial score (nSPS) is 15.1. The summed E-state index contributed by atoms with van der Waals surface area (Å²) in [5.74, 6) is 0. The summed E-state index contributed by atoms with van der Waals surface area (Å²) in [6.07, 6.45) is 2.21. The predicted octanol–water partition coefficient (Wildman–Crippen LogP) is 1.33. The molecule has 0 saturated carbocycles. The van der Waals surface area contributed by atoms with Gasteiger partial charge in [0, 0.05) is 6.26 Å². The maximum absolute atomic E-state index is 11.5. The van der Waals surface area contributed by atoms with Crippen molar-refractivity contribution in [3.63, 3.8) is 0 Å². The summed E-state index contributed by atoms with van der Waals surface area (Å²) < 4.78 is 22.2. The number of sulfone groups is 1. The van der Waals surface area contributed by atoms with Crippen molar-refractivity contribution in [1.82, 2.24) is 0 Å². The lowest BCUT2D eigenvalue weighted by molar-refractivity contribution is -0.127. The molecule has 100 valence electrons. The molecule has 1 unspecified atom stereocenters. The lowest BCUT2D eigenvalue weighted by Crippen LogP contribution is -2.39. The molecular weight excluding hydrogens is 252 g/mol. The van der Waals surface area contributed by atoms with Gasteiger partial charge >= 0.3 is 0 Å². The molecule has 1 atom stereocenters. The molecule has 0 fully saturated rings. The van der Waals surface area contributed by atoms with Crippen LogP contribution in [0.25, 0.3) is 0 Å². The highest BCUT2D eigenvalue weighted by atomic mass is 32.2. The molecule has 0 aliphatic rings. The van der Waals surface area contributed by atoms with Gasteiger partial charge in [-0.25, -0.2) is 8.42 Å². The molecule has 0 spiro atoms. The lowest BCUT2D eigenvalue weighted by Gasteiger charge is -2.20. The second kappa shape index (κ2) is 5.63. The van der Waals surface area contributed by atoms with Crippen LogP contribution < -0.4 is 0 Å². The van der Waals surface area contributed by atoms with E-state index >= 15 is 0 Å². The molecule has 18 heavy (non-hydrogen) atoms. The molecule has 5 heteroatoms. The second-order valence-electron chi connectivity index (χ2n) is 4.67. The molecule has 0 aromatic heterocycles. The van der Waals surface area contributed by atoms with Crippen molar-refractivity contribution in [3.05, 3.63) is 35.9 Å². The van der Waals surface area contributed by atoms with E-state index in [1.54, 1.807) is 0 Å². The van der Waals surface area contributed by atoms with Gasteiger partial charge in [0.25, 0.3) is 5.12 Å². The van der Waals surface area contributed by atoms with Gasteiger partial charge in [0.1, 0.15) is 5.60 Å². The molecule has 4 nitrogen and oxygen atoms in total. The Balaban J connectivity index is 2.55. The minimum Gasteiger partial charge on any atom is -0.381 e. The van der Waals surface area contributed by atoms with Crippen LogP contribution in [0.2, 0.25) is 0 Å². The molecule has 1 N–H and O–H groups in total. The Morgan fingerprint density at radius 1 is 1.28 bits per heavy atom. The Morgan fingerprint density at radius 2 is 1.83 bits per heavy atom. The van der Waals surface area contributed by atoms with Crippen molar-refractivity contribution < 1.29 is 18.3 Å². The van der Waals surface area contributed by atoms with E-state index in [-0.39, 0.29) is 6.42 Å². The minimum absolute atomic E-state index is 0.133. The zero-order chi connectivity index (χ0) is 13.8. The summed E-state index contributed by atoms with van der Waals surface area (Å²) in [5, 5.41) is 8.76.